The van der Waals surface area contributed by atoms with Crippen LogP contribution in [-0.4, -0.2) is 5.11 Å². The fraction of sp³-hybridized carbons (Fsp3) is 0.231. The first-order chi connectivity index (χ1) is 7.66. The van der Waals surface area contributed by atoms with Gasteiger partial charge in [-0.1, -0.05) is 12.1 Å². The second-order valence-electron chi connectivity index (χ2n) is 3.81. The number of aryl methyl sites for hydroxylation is 1. The first kappa shape index (κ1) is 11.3. The molecule has 16 heavy (non-hydrogen) atoms. The van der Waals surface area contributed by atoms with Crippen LogP contribution in [0, 0.1) is 12.7 Å². The molecule has 0 aliphatic carbocycles. The van der Waals surface area contributed by atoms with E-state index in [9.17, 15) is 9.50 Å². The van der Waals surface area contributed by atoms with Gasteiger partial charge in [0, 0.05) is 11.3 Å². The van der Waals surface area contributed by atoms with E-state index in [1.54, 1.807) is 6.07 Å². The maximum Gasteiger partial charge on any atom is 0.123 e. The summed E-state index contributed by atoms with van der Waals surface area (Å²) in [6.45, 7) is 1.86. The van der Waals surface area contributed by atoms with Crippen LogP contribution in [0.15, 0.2) is 35.7 Å². The number of halogens is 1. The van der Waals surface area contributed by atoms with Gasteiger partial charge in [-0.2, -0.15) is 0 Å². The normalized spacial score (nSPS) is 12.7. The summed E-state index contributed by atoms with van der Waals surface area (Å²) in [6.07, 6.45) is 0.0382. The minimum Gasteiger partial charge on any atom is -0.387 e. The molecule has 0 radical (unpaired) electrons. The van der Waals surface area contributed by atoms with Gasteiger partial charge in [0.05, 0.1) is 6.10 Å². The van der Waals surface area contributed by atoms with E-state index in [1.807, 2.05) is 24.4 Å². The highest BCUT2D eigenvalue weighted by Crippen LogP contribution is 2.24. The van der Waals surface area contributed by atoms with Crippen molar-refractivity contribution in [3.63, 3.8) is 0 Å². The number of aliphatic hydroxyl groups excluding tert-OH is 1. The lowest BCUT2D eigenvalue weighted by atomic mass is 10.0. The van der Waals surface area contributed by atoms with Gasteiger partial charge in [0.15, 0.2) is 0 Å². The van der Waals surface area contributed by atoms with Crippen molar-refractivity contribution in [2.24, 2.45) is 0 Å². The molecule has 0 aliphatic heterocycles. The highest BCUT2D eigenvalue weighted by atomic mass is 32.1. The summed E-state index contributed by atoms with van der Waals surface area (Å²) in [7, 11) is 0. The predicted octanol–water partition coefficient (Wildman–Crippen LogP) is 3.47. The minimum absolute atomic E-state index is 0.230. The third-order valence-electron chi connectivity index (χ3n) is 2.59. The van der Waals surface area contributed by atoms with Gasteiger partial charge in [-0.25, -0.2) is 4.39 Å². The van der Waals surface area contributed by atoms with Crippen LogP contribution >= 0.6 is 11.3 Å². The molecule has 1 unspecified atom stereocenters. The van der Waals surface area contributed by atoms with Crippen LogP contribution in [0.2, 0.25) is 0 Å². The number of rotatable bonds is 3. The highest BCUT2D eigenvalue weighted by molar-refractivity contribution is 7.10. The van der Waals surface area contributed by atoms with Gasteiger partial charge in [0.2, 0.25) is 0 Å². The summed E-state index contributed by atoms with van der Waals surface area (Å²) in [6, 6.07) is 8.50. The fourth-order valence-electron chi connectivity index (χ4n) is 1.68. The van der Waals surface area contributed by atoms with Crippen LogP contribution in [0.1, 0.15) is 22.1 Å². The lowest BCUT2D eigenvalue weighted by Gasteiger charge is -2.10. The molecule has 1 heterocycles. The zero-order valence-corrected chi connectivity index (χ0v) is 9.80. The molecular formula is C13H13FOS. The summed E-state index contributed by atoms with van der Waals surface area (Å²) in [4.78, 5) is 0.948. The van der Waals surface area contributed by atoms with Gasteiger partial charge in [-0.05, 0) is 41.6 Å². The molecule has 1 nitrogen and oxygen atoms in total. The van der Waals surface area contributed by atoms with E-state index < -0.39 is 6.10 Å². The van der Waals surface area contributed by atoms with Crippen LogP contribution in [0.4, 0.5) is 4.39 Å². The van der Waals surface area contributed by atoms with Crippen molar-refractivity contribution in [1.29, 1.82) is 0 Å². The molecule has 0 spiro atoms. The fourth-order valence-corrected chi connectivity index (χ4v) is 2.39. The van der Waals surface area contributed by atoms with Gasteiger partial charge >= 0.3 is 0 Å². The number of aliphatic hydroxyl groups is 1. The van der Waals surface area contributed by atoms with Crippen LogP contribution < -0.4 is 0 Å². The van der Waals surface area contributed by atoms with Gasteiger partial charge in [0.1, 0.15) is 5.82 Å². The van der Waals surface area contributed by atoms with E-state index in [4.69, 9.17) is 0 Å². The van der Waals surface area contributed by atoms with E-state index in [0.29, 0.717) is 6.42 Å². The Morgan fingerprint density at radius 3 is 2.81 bits per heavy atom. The van der Waals surface area contributed by atoms with E-state index in [-0.39, 0.29) is 5.82 Å². The Bertz CT molecular complexity index is 465. The Hall–Kier alpha value is -1.19. The molecule has 0 aliphatic rings. The Morgan fingerprint density at radius 2 is 2.19 bits per heavy atom. The first-order valence-corrected chi connectivity index (χ1v) is 6.01. The second kappa shape index (κ2) is 4.76. The maximum absolute atomic E-state index is 12.9. The maximum atomic E-state index is 12.9. The number of thiophene rings is 1. The van der Waals surface area contributed by atoms with Crippen LogP contribution in [0.5, 0.6) is 0 Å². The summed E-state index contributed by atoms with van der Waals surface area (Å²) in [5.41, 5.74) is 1.87. The monoisotopic (exact) mass is 236 g/mol. The minimum atomic E-state index is -0.496. The molecule has 0 fully saturated rings. The molecule has 0 amide bonds. The molecule has 1 N–H and O–H groups in total. The van der Waals surface area contributed by atoms with Gasteiger partial charge in [0.25, 0.3) is 0 Å². The second-order valence-corrected chi connectivity index (χ2v) is 4.79. The standard InChI is InChI=1S/C13H13FOS/c1-9-7-11(14)5-4-10(9)8-12(15)13-3-2-6-16-13/h2-7,12,15H,8H2,1H3. The van der Waals surface area contributed by atoms with E-state index in [1.165, 1.54) is 23.5 Å². The molecule has 0 saturated carbocycles. The molecule has 2 rings (SSSR count). The summed E-state index contributed by atoms with van der Waals surface area (Å²) >= 11 is 1.54. The molecule has 84 valence electrons. The zero-order valence-electron chi connectivity index (χ0n) is 8.98. The average molecular weight is 236 g/mol. The van der Waals surface area contributed by atoms with Crippen molar-refractivity contribution in [1.82, 2.24) is 0 Å². The molecule has 1 aromatic carbocycles. The van der Waals surface area contributed by atoms with E-state index in [2.05, 4.69) is 0 Å². The lowest BCUT2D eigenvalue weighted by molar-refractivity contribution is 0.182. The van der Waals surface area contributed by atoms with Crippen LogP contribution in [0.3, 0.4) is 0 Å². The third kappa shape index (κ3) is 2.49. The molecule has 1 atom stereocenters. The zero-order chi connectivity index (χ0) is 11.5. The van der Waals surface area contributed by atoms with Crippen molar-refractivity contribution in [3.05, 3.63) is 57.5 Å². The molecule has 0 bridgehead atoms. The van der Waals surface area contributed by atoms with E-state index >= 15 is 0 Å². The Kier molecular flexibility index (Phi) is 3.36. The number of hydrogen-bond donors (Lipinski definition) is 1. The highest BCUT2D eigenvalue weighted by Gasteiger charge is 2.11. The molecular weight excluding hydrogens is 223 g/mol. The van der Waals surface area contributed by atoms with Crippen LogP contribution in [0.25, 0.3) is 0 Å². The number of benzene rings is 1. The average Bonchev–Trinajstić information content (AvgIpc) is 2.75. The van der Waals surface area contributed by atoms with Crippen molar-refractivity contribution >= 4 is 11.3 Å². The lowest BCUT2D eigenvalue weighted by Crippen LogP contribution is -2.01. The Morgan fingerprint density at radius 1 is 1.38 bits per heavy atom. The SMILES string of the molecule is Cc1cc(F)ccc1CC(O)c1cccs1. The molecule has 2 aromatic rings. The molecule has 3 heteroatoms. The Balaban J connectivity index is 2.15. The smallest absolute Gasteiger partial charge is 0.123 e. The van der Waals surface area contributed by atoms with Crippen molar-refractivity contribution in [2.45, 2.75) is 19.4 Å². The summed E-state index contributed by atoms with van der Waals surface area (Å²) < 4.78 is 12.9. The third-order valence-corrected chi connectivity index (χ3v) is 3.56. The van der Waals surface area contributed by atoms with E-state index in [0.717, 1.165) is 16.0 Å². The van der Waals surface area contributed by atoms with Gasteiger partial charge < -0.3 is 5.11 Å². The first-order valence-electron chi connectivity index (χ1n) is 5.13. The van der Waals surface area contributed by atoms with Crippen molar-refractivity contribution < 1.29 is 9.50 Å². The topological polar surface area (TPSA) is 20.2 Å². The van der Waals surface area contributed by atoms with Gasteiger partial charge in [-0.15, -0.1) is 11.3 Å². The predicted molar refractivity (Wildman–Crippen MR) is 64.1 cm³/mol. The van der Waals surface area contributed by atoms with Gasteiger partial charge in [-0.3, -0.25) is 0 Å². The molecule has 0 saturated heterocycles. The summed E-state index contributed by atoms with van der Waals surface area (Å²) in [5.74, 6) is -0.230. The Labute approximate surface area is 98.2 Å². The van der Waals surface area contributed by atoms with Crippen LogP contribution in [-0.2, 0) is 6.42 Å². The summed E-state index contributed by atoms with van der Waals surface area (Å²) in [5, 5.41) is 11.9. The number of hydrogen-bond acceptors (Lipinski definition) is 2. The molecule has 1 aromatic heterocycles. The van der Waals surface area contributed by atoms with Crippen molar-refractivity contribution in [3.8, 4) is 0 Å². The largest absolute Gasteiger partial charge is 0.387 e. The van der Waals surface area contributed by atoms with Crippen molar-refractivity contribution in [2.75, 3.05) is 0 Å². The quantitative estimate of drug-likeness (QED) is 0.865.